The fourth-order valence-corrected chi connectivity index (χ4v) is 7.60. The van der Waals surface area contributed by atoms with Gasteiger partial charge in [0.1, 0.15) is 12.1 Å². The molecule has 0 aromatic heterocycles. The first-order valence-electron chi connectivity index (χ1n) is 24.6. The summed E-state index contributed by atoms with van der Waals surface area (Å²) in [6.45, 7) is 11.0. The smallest absolute Gasteiger partial charge is 0.337 e. The lowest BCUT2D eigenvalue weighted by Crippen LogP contribution is -2.54. The summed E-state index contributed by atoms with van der Waals surface area (Å²) < 4.78 is 37.6. The zero-order chi connectivity index (χ0) is 51.7. The number of hydrogen-bond donors (Lipinski definition) is 4. The quantitative estimate of drug-likeness (QED) is 0.00904. The van der Waals surface area contributed by atoms with Crippen molar-refractivity contribution in [2.24, 2.45) is 11.0 Å². The average molecular weight is 996 g/mol. The number of carbonyl (C=O) groups excluding carboxylic acids is 4. The summed E-state index contributed by atoms with van der Waals surface area (Å²) in [7, 11) is 1.30. The lowest BCUT2D eigenvalue weighted by molar-refractivity contribution is -0.132. The summed E-state index contributed by atoms with van der Waals surface area (Å²) in [6.07, 6.45) is 1.56. The summed E-state index contributed by atoms with van der Waals surface area (Å²) in [4.78, 5) is 55.8. The molecule has 0 heterocycles. The molecule has 0 saturated carbocycles. The molecule has 2 atom stereocenters. The van der Waals surface area contributed by atoms with Gasteiger partial charge in [-0.15, -0.1) is 0 Å². The number of amides is 3. The van der Waals surface area contributed by atoms with Gasteiger partial charge in [-0.05, 0) is 85.1 Å². The maximum atomic E-state index is 14.0. The standard InChI is InChI=1S/C54H73N7O11/c1-41(2)50(60-49(62)26-29-67-31-33-69-35-37-71-39-40-72-38-36-70-34-32-68-30-28-57-61-55)52(64)59-48(51(63)58-47-24-20-43(21-25-47)53(65)66-4)17-11-12-27-56-54(44-13-7-5-8-14-44,45-15-9-6-10-16-45)46-22-18-42(3)19-23-46/h5-10,13-16,18-25,41,48,50,56H,11-12,17,26-40H2,1-4H3,(H,58,63)(H,59,64)(H,60,62)/t48-,50-/m0/s1. The molecule has 4 aromatic rings. The van der Waals surface area contributed by atoms with Crippen molar-refractivity contribution in [2.45, 2.75) is 64.1 Å². The molecule has 0 bridgehead atoms. The SMILES string of the molecule is COC(=O)c1ccc(NC(=O)[C@H](CCCCNC(c2ccccc2)(c2ccccc2)c2ccc(C)cc2)NC(=O)[C@@H](NC(=O)CCOCCOCCOCCOCCOCCOCCN=[N+]=[N-])C(C)C)cc1. The third-order valence-electron chi connectivity index (χ3n) is 11.4. The molecule has 18 nitrogen and oxygen atoms in total. The van der Waals surface area contributed by atoms with Crippen LogP contribution >= 0.6 is 0 Å². The predicted molar refractivity (Wildman–Crippen MR) is 274 cm³/mol. The summed E-state index contributed by atoms with van der Waals surface area (Å²) >= 11 is 0. The van der Waals surface area contributed by atoms with Gasteiger partial charge in [0, 0.05) is 23.6 Å². The topological polar surface area (TPSA) is 230 Å². The Morgan fingerprint density at radius 2 is 1.11 bits per heavy atom. The number of carbonyl (C=O) groups is 4. The maximum absolute atomic E-state index is 14.0. The zero-order valence-corrected chi connectivity index (χ0v) is 42.2. The Hall–Kier alpha value is -6.21. The molecule has 0 aliphatic heterocycles. The van der Waals surface area contributed by atoms with Gasteiger partial charge in [0.2, 0.25) is 17.7 Å². The van der Waals surface area contributed by atoms with Gasteiger partial charge in [-0.1, -0.05) is 109 Å². The van der Waals surface area contributed by atoms with Crippen LogP contribution in [0.15, 0.2) is 114 Å². The van der Waals surface area contributed by atoms with Crippen molar-refractivity contribution in [1.82, 2.24) is 16.0 Å². The first-order valence-corrected chi connectivity index (χ1v) is 24.6. The predicted octanol–water partition coefficient (Wildman–Crippen LogP) is 6.90. The Labute approximate surface area is 423 Å². The highest BCUT2D eigenvalue weighted by atomic mass is 16.6. The molecular formula is C54H73N7O11. The Balaban J connectivity index is 1.25. The minimum Gasteiger partial charge on any atom is -0.465 e. The molecular weight excluding hydrogens is 923 g/mol. The molecule has 0 spiro atoms. The number of anilines is 1. The normalized spacial score (nSPS) is 12.1. The second-order valence-electron chi connectivity index (χ2n) is 17.1. The van der Waals surface area contributed by atoms with E-state index in [0.29, 0.717) is 110 Å². The highest BCUT2D eigenvalue weighted by Crippen LogP contribution is 2.37. The van der Waals surface area contributed by atoms with Gasteiger partial charge in [-0.2, -0.15) is 0 Å². The number of aryl methyl sites for hydroxylation is 1. The zero-order valence-electron chi connectivity index (χ0n) is 42.2. The Morgan fingerprint density at radius 1 is 0.611 bits per heavy atom. The van der Waals surface area contributed by atoms with Crippen molar-refractivity contribution in [2.75, 3.05) is 105 Å². The van der Waals surface area contributed by atoms with Crippen LogP contribution in [0.2, 0.25) is 0 Å². The average Bonchev–Trinajstić information content (AvgIpc) is 3.39. The number of nitrogens with zero attached hydrogens (tertiary/aromatic N) is 3. The number of ether oxygens (including phenoxy) is 7. The molecule has 0 radical (unpaired) electrons. The number of unbranched alkanes of at least 4 members (excludes halogenated alkanes) is 1. The van der Waals surface area contributed by atoms with Crippen LogP contribution in [-0.2, 0) is 53.1 Å². The van der Waals surface area contributed by atoms with Crippen LogP contribution in [0.4, 0.5) is 5.69 Å². The fourth-order valence-electron chi connectivity index (χ4n) is 7.60. The fraction of sp³-hybridized carbons (Fsp3) is 0.481. The highest BCUT2D eigenvalue weighted by Gasteiger charge is 2.36. The van der Waals surface area contributed by atoms with Crippen molar-refractivity contribution in [3.63, 3.8) is 0 Å². The molecule has 390 valence electrons. The molecule has 18 heteroatoms. The summed E-state index contributed by atoms with van der Waals surface area (Å²) in [5.74, 6) is -2.09. The van der Waals surface area contributed by atoms with E-state index in [1.807, 2.05) is 50.2 Å². The van der Waals surface area contributed by atoms with E-state index in [4.69, 9.17) is 38.7 Å². The minimum absolute atomic E-state index is 0.0197. The molecule has 0 aliphatic rings. The van der Waals surface area contributed by atoms with Crippen molar-refractivity contribution in [3.05, 3.63) is 147 Å². The van der Waals surface area contributed by atoms with E-state index in [1.54, 1.807) is 24.3 Å². The molecule has 0 saturated heterocycles. The lowest BCUT2D eigenvalue weighted by atomic mass is 9.76. The number of nitrogens with one attached hydrogen (secondary N) is 4. The van der Waals surface area contributed by atoms with Crippen LogP contribution < -0.4 is 21.3 Å². The van der Waals surface area contributed by atoms with Gasteiger partial charge in [0.25, 0.3) is 0 Å². The van der Waals surface area contributed by atoms with Crippen LogP contribution in [0.3, 0.4) is 0 Å². The number of methoxy groups -OCH3 is 1. The van der Waals surface area contributed by atoms with Gasteiger partial charge < -0.3 is 49.1 Å². The number of azide groups is 1. The van der Waals surface area contributed by atoms with E-state index >= 15 is 0 Å². The molecule has 0 unspecified atom stereocenters. The Bertz CT molecular complexity index is 2170. The summed E-state index contributed by atoms with van der Waals surface area (Å²) in [5, 5.41) is 16.0. The minimum atomic E-state index is -0.950. The maximum Gasteiger partial charge on any atom is 0.337 e. The third kappa shape index (κ3) is 20.9. The van der Waals surface area contributed by atoms with E-state index in [0.717, 1.165) is 22.3 Å². The summed E-state index contributed by atoms with van der Waals surface area (Å²) in [6, 6.07) is 33.6. The van der Waals surface area contributed by atoms with Gasteiger partial charge in [-0.25, -0.2) is 4.79 Å². The van der Waals surface area contributed by atoms with Crippen molar-refractivity contribution >= 4 is 29.4 Å². The van der Waals surface area contributed by atoms with Crippen molar-refractivity contribution in [3.8, 4) is 0 Å². The summed E-state index contributed by atoms with van der Waals surface area (Å²) in [5.41, 5.74) is 12.7. The molecule has 72 heavy (non-hydrogen) atoms. The second-order valence-corrected chi connectivity index (χ2v) is 17.1. The van der Waals surface area contributed by atoms with Gasteiger partial charge in [0.15, 0.2) is 0 Å². The van der Waals surface area contributed by atoms with E-state index in [2.05, 4.69) is 86.7 Å². The van der Waals surface area contributed by atoms with Crippen LogP contribution in [0.25, 0.3) is 10.4 Å². The Kier molecular flexibility index (Phi) is 27.7. The van der Waals surface area contributed by atoms with Crippen LogP contribution in [0.1, 0.15) is 72.1 Å². The molecule has 4 rings (SSSR count). The van der Waals surface area contributed by atoms with Gasteiger partial charge in [0.05, 0.1) is 97.5 Å². The van der Waals surface area contributed by atoms with Crippen LogP contribution in [0.5, 0.6) is 0 Å². The number of rotatable bonds is 37. The highest BCUT2D eigenvalue weighted by molar-refractivity contribution is 5.99. The van der Waals surface area contributed by atoms with Crippen molar-refractivity contribution in [1.29, 1.82) is 0 Å². The molecule has 4 aromatic carbocycles. The van der Waals surface area contributed by atoms with E-state index in [9.17, 15) is 19.2 Å². The van der Waals surface area contributed by atoms with Gasteiger partial charge >= 0.3 is 5.97 Å². The first kappa shape index (κ1) is 58.4. The number of benzene rings is 4. The molecule has 3 amide bonds. The van der Waals surface area contributed by atoms with Crippen molar-refractivity contribution < 1.29 is 52.3 Å². The molecule has 0 aliphatic carbocycles. The Morgan fingerprint density at radius 3 is 1.61 bits per heavy atom. The molecule has 0 fully saturated rings. The van der Waals surface area contributed by atoms with Gasteiger partial charge in [-0.3, -0.25) is 19.7 Å². The van der Waals surface area contributed by atoms with Crippen LogP contribution in [-0.4, -0.2) is 135 Å². The van der Waals surface area contributed by atoms with E-state index in [-0.39, 0.29) is 31.5 Å². The monoisotopic (exact) mass is 996 g/mol. The van der Waals surface area contributed by atoms with E-state index < -0.39 is 35.4 Å². The number of esters is 1. The number of hydrogen-bond acceptors (Lipinski definition) is 13. The van der Waals surface area contributed by atoms with Crippen LogP contribution in [0, 0.1) is 12.8 Å². The molecule has 4 N–H and O–H groups in total. The van der Waals surface area contributed by atoms with E-state index in [1.165, 1.54) is 7.11 Å². The first-order chi connectivity index (χ1) is 35.1. The lowest BCUT2D eigenvalue weighted by Gasteiger charge is -2.37. The largest absolute Gasteiger partial charge is 0.465 e. The second kappa shape index (κ2) is 34.2. The third-order valence-corrected chi connectivity index (χ3v) is 11.4.